The number of aromatic nitrogens is 3. The molecule has 0 aliphatic carbocycles. The predicted octanol–water partition coefficient (Wildman–Crippen LogP) is 5.12. The van der Waals surface area contributed by atoms with Crippen molar-refractivity contribution in [2.45, 2.75) is 33.7 Å². The largest absolute Gasteiger partial charge is 0.490 e. The molecule has 0 radical (unpaired) electrons. The molecule has 0 aliphatic heterocycles. The molecule has 4 rings (SSSR count). The molecule has 4 aromatic rings. The zero-order valence-electron chi connectivity index (χ0n) is 15.6. The smallest absolute Gasteiger partial charge is 0.163 e. The summed E-state index contributed by atoms with van der Waals surface area (Å²) in [5.41, 5.74) is 4.61. The van der Waals surface area contributed by atoms with Crippen LogP contribution in [-0.4, -0.2) is 27.7 Å². The van der Waals surface area contributed by atoms with Gasteiger partial charge in [-0.15, -0.1) is 0 Å². The molecule has 0 fully saturated rings. The van der Waals surface area contributed by atoms with Crippen molar-refractivity contribution in [1.82, 2.24) is 14.5 Å². The van der Waals surface area contributed by atoms with E-state index in [-0.39, 0.29) is 0 Å². The van der Waals surface area contributed by atoms with E-state index in [0.717, 1.165) is 33.1 Å². The van der Waals surface area contributed by atoms with Crippen molar-refractivity contribution >= 4 is 33.1 Å². The van der Waals surface area contributed by atoms with Gasteiger partial charge in [-0.1, -0.05) is 18.2 Å². The Morgan fingerprint density at radius 3 is 2.15 bits per heavy atom. The Balaban J connectivity index is 2.08. The summed E-state index contributed by atoms with van der Waals surface area (Å²) in [5.74, 6) is 1.42. The summed E-state index contributed by atoms with van der Waals surface area (Å²) in [6.07, 6.45) is 0. The number of nitrogens with zero attached hydrogens (tertiary/aromatic N) is 3. The molecule has 0 unspecified atom stereocenters. The lowest BCUT2D eigenvalue weighted by atomic mass is 10.2. The van der Waals surface area contributed by atoms with Gasteiger partial charge >= 0.3 is 0 Å². The zero-order valence-corrected chi connectivity index (χ0v) is 15.6. The molecular weight excluding hydrogens is 326 g/mol. The Morgan fingerprint density at radius 1 is 0.923 bits per heavy atom. The highest BCUT2D eigenvalue weighted by Crippen LogP contribution is 2.35. The number of benzene rings is 2. The second-order valence-corrected chi connectivity index (χ2v) is 6.53. The van der Waals surface area contributed by atoms with Gasteiger partial charge in [-0.25, -0.2) is 9.97 Å². The van der Waals surface area contributed by atoms with E-state index >= 15 is 0 Å². The topological polar surface area (TPSA) is 49.2 Å². The van der Waals surface area contributed by atoms with Crippen molar-refractivity contribution in [3.05, 3.63) is 36.4 Å². The van der Waals surface area contributed by atoms with Gasteiger partial charge in [0, 0.05) is 23.6 Å². The average molecular weight is 349 g/mol. The van der Waals surface area contributed by atoms with E-state index in [1.54, 1.807) is 0 Å². The zero-order chi connectivity index (χ0) is 18.3. The van der Waals surface area contributed by atoms with Crippen molar-refractivity contribution in [3.63, 3.8) is 0 Å². The van der Waals surface area contributed by atoms with E-state index in [1.807, 2.05) is 32.0 Å². The van der Waals surface area contributed by atoms with Crippen molar-refractivity contribution in [1.29, 1.82) is 0 Å². The first-order valence-electron chi connectivity index (χ1n) is 9.14. The molecule has 0 aliphatic rings. The van der Waals surface area contributed by atoms with Crippen LogP contribution in [0.25, 0.3) is 33.1 Å². The van der Waals surface area contributed by atoms with E-state index in [2.05, 4.69) is 36.6 Å². The fourth-order valence-electron chi connectivity index (χ4n) is 3.46. The molecule has 26 heavy (non-hydrogen) atoms. The van der Waals surface area contributed by atoms with Crippen molar-refractivity contribution in [3.8, 4) is 11.5 Å². The number of rotatable bonds is 5. The maximum absolute atomic E-state index is 5.75. The fourth-order valence-corrected chi connectivity index (χ4v) is 3.46. The highest BCUT2D eigenvalue weighted by atomic mass is 16.5. The fraction of sp³-hybridized carbons (Fsp3) is 0.333. The van der Waals surface area contributed by atoms with Crippen molar-refractivity contribution in [2.75, 3.05) is 13.2 Å². The second kappa shape index (κ2) is 6.48. The van der Waals surface area contributed by atoms with E-state index < -0.39 is 0 Å². The van der Waals surface area contributed by atoms with Crippen LogP contribution in [0.1, 0.15) is 33.7 Å². The van der Waals surface area contributed by atoms with Crippen LogP contribution < -0.4 is 9.47 Å². The Kier molecular flexibility index (Phi) is 4.15. The van der Waals surface area contributed by atoms with Crippen LogP contribution >= 0.6 is 0 Å². The molecule has 134 valence electrons. The molecule has 0 amide bonds. The van der Waals surface area contributed by atoms with Crippen molar-refractivity contribution in [2.24, 2.45) is 0 Å². The number of fused-ring (bicyclic) bond motifs is 4. The minimum atomic E-state index is 0.290. The highest BCUT2D eigenvalue weighted by molar-refractivity contribution is 6.06. The maximum Gasteiger partial charge on any atom is 0.163 e. The standard InChI is InChI=1S/C21H23N3O2/c1-5-25-18-11-15-16(12-19(18)26-6-2)23-21-20(22-15)14-9-7-8-10-17(14)24(21)13(3)4/h7-13H,5-6H2,1-4H3. The van der Waals surface area contributed by atoms with E-state index in [4.69, 9.17) is 19.4 Å². The summed E-state index contributed by atoms with van der Waals surface area (Å²) in [6, 6.07) is 12.5. The van der Waals surface area contributed by atoms with Gasteiger partial charge in [-0.2, -0.15) is 0 Å². The molecule has 2 aromatic heterocycles. The third-order valence-corrected chi connectivity index (χ3v) is 4.47. The SMILES string of the molecule is CCOc1cc2nc3c4ccccc4n(C(C)C)c3nc2cc1OCC. The normalized spacial score (nSPS) is 11.7. The Labute approximate surface area is 152 Å². The number of hydrogen-bond donors (Lipinski definition) is 0. The van der Waals surface area contributed by atoms with Crippen LogP contribution in [0.5, 0.6) is 11.5 Å². The van der Waals surface area contributed by atoms with Crippen molar-refractivity contribution < 1.29 is 9.47 Å². The summed E-state index contributed by atoms with van der Waals surface area (Å²) in [6.45, 7) is 9.42. The van der Waals surface area contributed by atoms with Gasteiger partial charge in [0.1, 0.15) is 5.52 Å². The monoisotopic (exact) mass is 349 g/mol. The van der Waals surface area contributed by atoms with Crippen LogP contribution in [-0.2, 0) is 0 Å². The quantitative estimate of drug-likeness (QED) is 0.502. The Bertz CT molecular complexity index is 1100. The van der Waals surface area contributed by atoms with Gasteiger partial charge in [-0.3, -0.25) is 0 Å². The minimum absolute atomic E-state index is 0.290. The molecule has 0 atom stereocenters. The van der Waals surface area contributed by atoms with Gasteiger partial charge in [0.05, 0.1) is 29.8 Å². The third-order valence-electron chi connectivity index (χ3n) is 4.47. The highest BCUT2D eigenvalue weighted by Gasteiger charge is 2.17. The van der Waals surface area contributed by atoms with Crippen LogP contribution in [0.4, 0.5) is 0 Å². The van der Waals surface area contributed by atoms with E-state index in [0.29, 0.717) is 30.8 Å². The lowest BCUT2D eigenvalue weighted by Crippen LogP contribution is -2.02. The maximum atomic E-state index is 5.75. The van der Waals surface area contributed by atoms with E-state index in [9.17, 15) is 0 Å². The van der Waals surface area contributed by atoms with Gasteiger partial charge in [0.2, 0.25) is 0 Å². The summed E-state index contributed by atoms with van der Waals surface area (Å²) in [5, 5.41) is 1.12. The first-order valence-corrected chi connectivity index (χ1v) is 9.14. The predicted molar refractivity (Wildman–Crippen MR) is 105 cm³/mol. The van der Waals surface area contributed by atoms with Crippen LogP contribution in [0.2, 0.25) is 0 Å². The molecule has 5 nitrogen and oxygen atoms in total. The lowest BCUT2D eigenvalue weighted by Gasteiger charge is -2.13. The molecule has 5 heteroatoms. The van der Waals surface area contributed by atoms with E-state index in [1.165, 1.54) is 0 Å². The van der Waals surface area contributed by atoms with Gasteiger partial charge in [-0.05, 0) is 33.8 Å². The third kappa shape index (κ3) is 2.55. The summed E-state index contributed by atoms with van der Waals surface area (Å²) >= 11 is 0. The second-order valence-electron chi connectivity index (χ2n) is 6.53. The summed E-state index contributed by atoms with van der Waals surface area (Å²) < 4.78 is 13.7. The summed E-state index contributed by atoms with van der Waals surface area (Å²) in [7, 11) is 0. The molecule has 0 N–H and O–H groups in total. The average Bonchev–Trinajstić information content (AvgIpc) is 2.94. The number of para-hydroxylation sites is 1. The number of hydrogen-bond acceptors (Lipinski definition) is 4. The first kappa shape index (κ1) is 16.6. The number of ether oxygens (including phenoxy) is 2. The molecule has 0 bridgehead atoms. The van der Waals surface area contributed by atoms with Gasteiger partial charge in [0.15, 0.2) is 17.1 Å². The first-order chi connectivity index (χ1) is 12.6. The van der Waals surface area contributed by atoms with Gasteiger partial charge in [0.25, 0.3) is 0 Å². The molecular formula is C21H23N3O2. The Morgan fingerprint density at radius 2 is 1.54 bits per heavy atom. The van der Waals surface area contributed by atoms with Gasteiger partial charge < -0.3 is 14.0 Å². The molecule has 2 aromatic carbocycles. The molecule has 0 spiro atoms. The van der Waals surface area contributed by atoms with Crippen LogP contribution in [0, 0.1) is 0 Å². The van der Waals surface area contributed by atoms with Crippen LogP contribution in [0.15, 0.2) is 36.4 Å². The molecule has 0 saturated carbocycles. The van der Waals surface area contributed by atoms with Crippen LogP contribution in [0.3, 0.4) is 0 Å². The molecule has 0 saturated heterocycles. The summed E-state index contributed by atoms with van der Waals surface area (Å²) in [4.78, 5) is 9.88. The Hall–Kier alpha value is -2.82. The lowest BCUT2D eigenvalue weighted by molar-refractivity contribution is 0.288. The molecule has 2 heterocycles. The minimum Gasteiger partial charge on any atom is -0.490 e.